The van der Waals surface area contributed by atoms with E-state index in [1.807, 2.05) is 39.0 Å². The molecule has 0 fully saturated rings. The number of aliphatic hydroxyl groups is 1. The van der Waals surface area contributed by atoms with E-state index < -0.39 is 11.7 Å². The van der Waals surface area contributed by atoms with E-state index in [1.54, 1.807) is 0 Å². The van der Waals surface area contributed by atoms with Crippen LogP contribution in [0, 0.1) is 6.92 Å². The number of ether oxygens (including phenoxy) is 1. The van der Waals surface area contributed by atoms with Crippen LogP contribution in [0.25, 0.3) is 10.9 Å². The predicted octanol–water partition coefficient (Wildman–Crippen LogP) is 3.95. The number of benzene rings is 2. The predicted molar refractivity (Wildman–Crippen MR) is 108 cm³/mol. The van der Waals surface area contributed by atoms with Crippen molar-refractivity contribution in [3.8, 4) is 5.75 Å². The summed E-state index contributed by atoms with van der Waals surface area (Å²) in [6, 6.07) is 18.4. The summed E-state index contributed by atoms with van der Waals surface area (Å²) in [6.07, 6.45) is 0.258. The Hall–Kier alpha value is -2.43. The van der Waals surface area contributed by atoms with Gasteiger partial charge in [-0.05, 0) is 57.5 Å². The van der Waals surface area contributed by atoms with Crippen LogP contribution in [-0.4, -0.2) is 28.3 Å². The molecule has 27 heavy (non-hydrogen) atoms. The van der Waals surface area contributed by atoms with E-state index in [2.05, 4.69) is 46.7 Å². The second-order valence-electron chi connectivity index (χ2n) is 7.85. The average molecular weight is 362 g/mol. The summed E-state index contributed by atoms with van der Waals surface area (Å²) in [4.78, 5) is 4.64. The molecule has 4 nitrogen and oxygen atoms in total. The molecule has 0 radical (unpaired) electrons. The third kappa shape index (κ3) is 3.55. The van der Waals surface area contributed by atoms with Crippen LogP contribution in [0.15, 0.2) is 54.6 Å². The van der Waals surface area contributed by atoms with Crippen LogP contribution in [0.5, 0.6) is 5.75 Å². The zero-order valence-corrected chi connectivity index (χ0v) is 16.1. The lowest BCUT2D eigenvalue weighted by atomic mass is 9.86. The Morgan fingerprint density at radius 2 is 1.89 bits per heavy atom. The molecule has 1 aromatic heterocycles. The number of hydrogen-bond donors (Lipinski definition) is 2. The fourth-order valence-electron chi connectivity index (χ4n) is 3.75. The number of rotatable bonds is 4. The molecule has 0 bridgehead atoms. The summed E-state index contributed by atoms with van der Waals surface area (Å²) in [5.41, 5.74) is 3.50. The van der Waals surface area contributed by atoms with Gasteiger partial charge in [-0.3, -0.25) is 4.98 Å². The first-order valence-electron chi connectivity index (χ1n) is 9.50. The van der Waals surface area contributed by atoms with Crippen LogP contribution < -0.4 is 10.1 Å². The standard InChI is InChI=1S/C23H26N2O2/c1-15-9-10-17-13-20-18(14-19(17)25-15)21(22(26)23(2,3)27-20)24-12-11-16-7-5-4-6-8-16/h4-10,13-14,21-22,24,26H,11-12H2,1-3H3. The minimum Gasteiger partial charge on any atom is -0.485 e. The van der Waals surface area contributed by atoms with Crippen LogP contribution in [0.3, 0.4) is 0 Å². The third-order valence-corrected chi connectivity index (χ3v) is 5.32. The van der Waals surface area contributed by atoms with Crippen molar-refractivity contribution in [2.24, 2.45) is 0 Å². The number of hydrogen-bond acceptors (Lipinski definition) is 4. The van der Waals surface area contributed by atoms with Crippen molar-refractivity contribution in [2.45, 2.75) is 44.9 Å². The summed E-state index contributed by atoms with van der Waals surface area (Å²) in [7, 11) is 0. The molecule has 1 aliphatic heterocycles. The van der Waals surface area contributed by atoms with E-state index >= 15 is 0 Å². The molecule has 2 heterocycles. The van der Waals surface area contributed by atoms with E-state index in [4.69, 9.17) is 4.74 Å². The summed E-state index contributed by atoms with van der Waals surface area (Å²) in [6.45, 7) is 6.64. The number of nitrogens with one attached hydrogen (secondary N) is 1. The van der Waals surface area contributed by atoms with Gasteiger partial charge in [-0.1, -0.05) is 36.4 Å². The van der Waals surface area contributed by atoms with Gasteiger partial charge in [0.25, 0.3) is 0 Å². The lowest BCUT2D eigenvalue weighted by Crippen LogP contribution is -2.52. The minimum absolute atomic E-state index is 0.195. The highest BCUT2D eigenvalue weighted by Gasteiger charge is 2.42. The first-order valence-corrected chi connectivity index (χ1v) is 9.50. The third-order valence-electron chi connectivity index (χ3n) is 5.32. The molecule has 2 atom stereocenters. The zero-order valence-electron chi connectivity index (χ0n) is 16.1. The molecule has 2 aromatic carbocycles. The van der Waals surface area contributed by atoms with Crippen molar-refractivity contribution in [1.29, 1.82) is 0 Å². The smallest absolute Gasteiger partial charge is 0.131 e. The molecule has 0 spiro atoms. The van der Waals surface area contributed by atoms with Gasteiger partial charge >= 0.3 is 0 Å². The topological polar surface area (TPSA) is 54.4 Å². The molecule has 0 amide bonds. The molecular weight excluding hydrogens is 336 g/mol. The number of pyridine rings is 1. The van der Waals surface area contributed by atoms with Gasteiger partial charge in [0.05, 0.1) is 11.6 Å². The molecule has 4 rings (SSSR count). The van der Waals surface area contributed by atoms with Gasteiger partial charge in [-0.25, -0.2) is 0 Å². The Morgan fingerprint density at radius 1 is 1.11 bits per heavy atom. The highest BCUT2D eigenvalue weighted by molar-refractivity contribution is 5.82. The number of aliphatic hydroxyl groups excluding tert-OH is 1. The van der Waals surface area contributed by atoms with Gasteiger partial charge < -0.3 is 15.2 Å². The van der Waals surface area contributed by atoms with E-state index in [-0.39, 0.29) is 6.04 Å². The molecule has 3 aromatic rings. The molecule has 1 aliphatic rings. The maximum Gasteiger partial charge on any atom is 0.131 e. The van der Waals surface area contributed by atoms with Crippen LogP contribution in [-0.2, 0) is 6.42 Å². The molecule has 0 saturated heterocycles. The Labute approximate surface area is 160 Å². The SMILES string of the molecule is Cc1ccc2cc3c(cc2n1)C(NCCc1ccccc1)C(O)C(C)(C)O3. The molecule has 2 N–H and O–H groups in total. The Kier molecular flexibility index (Phi) is 4.62. The van der Waals surface area contributed by atoms with Gasteiger partial charge in [-0.2, -0.15) is 0 Å². The van der Waals surface area contributed by atoms with Crippen LogP contribution in [0.1, 0.15) is 36.7 Å². The fraction of sp³-hybridized carbons (Fsp3) is 0.348. The van der Waals surface area contributed by atoms with Gasteiger partial charge in [0.1, 0.15) is 17.5 Å². The Morgan fingerprint density at radius 3 is 2.67 bits per heavy atom. The lowest BCUT2D eigenvalue weighted by Gasteiger charge is -2.42. The first kappa shape index (κ1) is 18.0. The monoisotopic (exact) mass is 362 g/mol. The van der Waals surface area contributed by atoms with Crippen molar-refractivity contribution in [3.05, 3.63) is 71.4 Å². The van der Waals surface area contributed by atoms with E-state index in [1.165, 1.54) is 5.56 Å². The van der Waals surface area contributed by atoms with Crippen molar-refractivity contribution in [1.82, 2.24) is 10.3 Å². The van der Waals surface area contributed by atoms with E-state index in [9.17, 15) is 5.11 Å². The Bertz CT molecular complexity index is 953. The number of nitrogens with zero attached hydrogens (tertiary/aromatic N) is 1. The quantitative estimate of drug-likeness (QED) is 0.738. The molecule has 0 aliphatic carbocycles. The summed E-state index contributed by atoms with van der Waals surface area (Å²) in [5.74, 6) is 0.820. The van der Waals surface area contributed by atoms with Crippen molar-refractivity contribution < 1.29 is 9.84 Å². The molecular formula is C23H26N2O2. The first-order chi connectivity index (χ1) is 12.9. The normalized spacial score (nSPS) is 20.9. The van der Waals surface area contributed by atoms with Gasteiger partial charge in [0.15, 0.2) is 0 Å². The second-order valence-corrected chi connectivity index (χ2v) is 7.85. The fourth-order valence-corrected chi connectivity index (χ4v) is 3.75. The lowest BCUT2D eigenvalue weighted by molar-refractivity contribution is -0.0642. The zero-order chi connectivity index (χ0) is 19.0. The number of fused-ring (bicyclic) bond motifs is 2. The molecule has 4 heteroatoms. The number of aryl methyl sites for hydroxylation is 1. The van der Waals surface area contributed by atoms with Crippen LogP contribution >= 0.6 is 0 Å². The van der Waals surface area contributed by atoms with Crippen molar-refractivity contribution in [2.75, 3.05) is 6.54 Å². The van der Waals surface area contributed by atoms with E-state index in [0.29, 0.717) is 0 Å². The maximum atomic E-state index is 11.0. The van der Waals surface area contributed by atoms with Crippen molar-refractivity contribution in [3.63, 3.8) is 0 Å². The largest absolute Gasteiger partial charge is 0.485 e. The highest BCUT2D eigenvalue weighted by Crippen LogP contribution is 2.41. The van der Waals surface area contributed by atoms with E-state index in [0.717, 1.165) is 40.9 Å². The summed E-state index contributed by atoms with van der Waals surface area (Å²) >= 11 is 0. The molecule has 140 valence electrons. The Balaban J connectivity index is 1.65. The molecule has 0 saturated carbocycles. The van der Waals surface area contributed by atoms with Crippen LogP contribution in [0.2, 0.25) is 0 Å². The van der Waals surface area contributed by atoms with Gasteiger partial charge in [0.2, 0.25) is 0 Å². The maximum absolute atomic E-state index is 11.0. The van der Waals surface area contributed by atoms with Crippen LogP contribution in [0.4, 0.5) is 0 Å². The molecule has 2 unspecified atom stereocenters. The highest BCUT2D eigenvalue weighted by atomic mass is 16.5. The average Bonchev–Trinajstić information content (AvgIpc) is 2.64. The number of aromatic nitrogens is 1. The summed E-state index contributed by atoms with van der Waals surface area (Å²) < 4.78 is 6.15. The second kappa shape index (κ2) is 6.95. The van der Waals surface area contributed by atoms with Crippen molar-refractivity contribution >= 4 is 10.9 Å². The van der Waals surface area contributed by atoms with Gasteiger partial charge in [0, 0.05) is 16.6 Å². The van der Waals surface area contributed by atoms with Gasteiger partial charge in [-0.15, -0.1) is 0 Å². The summed E-state index contributed by atoms with van der Waals surface area (Å²) in [5, 5.41) is 15.6. The minimum atomic E-state index is -0.663.